The second-order valence-corrected chi connectivity index (χ2v) is 6.06. The molecule has 1 aromatic carbocycles. The number of anilines is 2. The van der Waals surface area contributed by atoms with E-state index in [-0.39, 0.29) is 11.8 Å². The van der Waals surface area contributed by atoms with Gasteiger partial charge in [-0.3, -0.25) is 9.59 Å². The van der Waals surface area contributed by atoms with E-state index in [9.17, 15) is 9.59 Å². The van der Waals surface area contributed by atoms with Crippen molar-refractivity contribution in [3.63, 3.8) is 0 Å². The summed E-state index contributed by atoms with van der Waals surface area (Å²) in [5, 5.41) is 12.3. The van der Waals surface area contributed by atoms with Crippen molar-refractivity contribution in [2.45, 2.75) is 20.3 Å². The van der Waals surface area contributed by atoms with E-state index in [2.05, 4.69) is 10.4 Å². The van der Waals surface area contributed by atoms with Crippen molar-refractivity contribution in [3.05, 3.63) is 46.7 Å². The molecule has 2 amide bonds. The summed E-state index contributed by atoms with van der Waals surface area (Å²) in [6, 6.07) is 9.12. The molecule has 0 aliphatic carbocycles. The lowest BCUT2D eigenvalue weighted by molar-refractivity contribution is -0.127. The van der Waals surface area contributed by atoms with Crippen LogP contribution in [0.5, 0.6) is 0 Å². The van der Waals surface area contributed by atoms with Crippen LogP contribution in [0.3, 0.4) is 0 Å². The molecule has 0 spiro atoms. The van der Waals surface area contributed by atoms with Gasteiger partial charge in [0.1, 0.15) is 0 Å². The lowest BCUT2D eigenvalue weighted by atomic mass is 10.0. The highest BCUT2D eigenvalue weighted by Gasteiger charge is 2.39. The summed E-state index contributed by atoms with van der Waals surface area (Å²) in [6.07, 6.45) is 0.834. The standard InChI is InChI=1S/C17H17N3O2S/c1-3-12-9-23-10-14(12)18-16(21)15-11(2)19-20(17(15)22)13-7-5-4-6-8-13/h4-10,15H,3H2,1-2H3,(H,18,21). The zero-order chi connectivity index (χ0) is 16.4. The van der Waals surface area contributed by atoms with E-state index in [4.69, 9.17) is 0 Å². The molecule has 2 heterocycles. The number of thiophene rings is 1. The van der Waals surface area contributed by atoms with Crippen molar-refractivity contribution in [1.29, 1.82) is 0 Å². The number of rotatable bonds is 4. The van der Waals surface area contributed by atoms with Crippen LogP contribution in [0.1, 0.15) is 19.4 Å². The minimum absolute atomic E-state index is 0.320. The molecule has 1 atom stereocenters. The minimum Gasteiger partial charge on any atom is -0.324 e. The molecule has 1 aliphatic heterocycles. The average molecular weight is 327 g/mol. The number of nitrogens with one attached hydrogen (secondary N) is 1. The summed E-state index contributed by atoms with van der Waals surface area (Å²) < 4.78 is 0. The van der Waals surface area contributed by atoms with Crippen molar-refractivity contribution < 1.29 is 9.59 Å². The maximum absolute atomic E-state index is 12.6. The van der Waals surface area contributed by atoms with Crippen LogP contribution < -0.4 is 10.3 Å². The second-order valence-electron chi connectivity index (χ2n) is 5.31. The molecule has 3 rings (SSSR count). The summed E-state index contributed by atoms with van der Waals surface area (Å²) >= 11 is 1.53. The number of hydrogen-bond acceptors (Lipinski definition) is 4. The van der Waals surface area contributed by atoms with Crippen LogP contribution in [0.15, 0.2) is 46.2 Å². The number of aryl methyl sites for hydroxylation is 1. The zero-order valence-electron chi connectivity index (χ0n) is 12.9. The van der Waals surface area contributed by atoms with Crippen LogP contribution in [0.4, 0.5) is 11.4 Å². The van der Waals surface area contributed by atoms with Crippen molar-refractivity contribution >= 4 is 40.2 Å². The molecule has 23 heavy (non-hydrogen) atoms. The quantitative estimate of drug-likeness (QED) is 0.876. The first-order chi connectivity index (χ1) is 11.1. The van der Waals surface area contributed by atoms with Crippen molar-refractivity contribution in [2.24, 2.45) is 11.0 Å². The molecule has 1 aliphatic rings. The van der Waals surface area contributed by atoms with E-state index in [1.807, 2.05) is 35.9 Å². The van der Waals surface area contributed by atoms with Crippen LogP contribution in [-0.4, -0.2) is 17.5 Å². The Morgan fingerprint density at radius 1 is 1.30 bits per heavy atom. The molecule has 0 saturated heterocycles. The lowest BCUT2D eigenvalue weighted by Gasteiger charge is -2.14. The first-order valence-corrected chi connectivity index (χ1v) is 8.36. The summed E-state index contributed by atoms with van der Waals surface area (Å²) in [4.78, 5) is 25.1. The zero-order valence-corrected chi connectivity index (χ0v) is 13.8. The summed E-state index contributed by atoms with van der Waals surface area (Å²) in [5.74, 6) is -1.53. The number of amides is 2. The van der Waals surface area contributed by atoms with Crippen LogP contribution in [0, 0.1) is 5.92 Å². The van der Waals surface area contributed by atoms with Crippen LogP contribution in [0.25, 0.3) is 0 Å². The Morgan fingerprint density at radius 2 is 2.04 bits per heavy atom. The maximum atomic E-state index is 12.6. The maximum Gasteiger partial charge on any atom is 0.265 e. The second kappa shape index (κ2) is 6.34. The third kappa shape index (κ3) is 2.90. The van der Waals surface area contributed by atoms with Gasteiger partial charge in [-0.1, -0.05) is 25.1 Å². The Labute approximate surface area is 138 Å². The van der Waals surface area contributed by atoms with Gasteiger partial charge >= 0.3 is 0 Å². The molecular formula is C17H17N3O2S. The minimum atomic E-state index is -0.875. The van der Waals surface area contributed by atoms with Gasteiger partial charge in [0.25, 0.3) is 5.91 Å². The topological polar surface area (TPSA) is 61.8 Å². The largest absolute Gasteiger partial charge is 0.324 e. The molecule has 0 bridgehead atoms. The molecule has 0 radical (unpaired) electrons. The summed E-state index contributed by atoms with van der Waals surface area (Å²) in [6.45, 7) is 3.74. The summed E-state index contributed by atoms with van der Waals surface area (Å²) in [7, 11) is 0. The normalized spacial score (nSPS) is 17.3. The number of benzene rings is 1. The number of nitrogens with zero attached hydrogens (tertiary/aromatic N) is 2. The molecule has 1 unspecified atom stereocenters. The molecule has 1 N–H and O–H groups in total. The van der Waals surface area contributed by atoms with Gasteiger partial charge in [0.05, 0.1) is 17.1 Å². The third-order valence-corrected chi connectivity index (χ3v) is 4.57. The van der Waals surface area contributed by atoms with Gasteiger partial charge in [-0.15, -0.1) is 11.3 Å². The Balaban J connectivity index is 1.80. The Bertz CT molecular complexity index is 767. The fourth-order valence-corrected chi connectivity index (χ4v) is 3.41. The molecule has 1 aromatic heterocycles. The Hall–Kier alpha value is -2.47. The predicted octanol–water partition coefficient (Wildman–Crippen LogP) is 3.29. The fourth-order valence-electron chi connectivity index (χ4n) is 2.53. The smallest absolute Gasteiger partial charge is 0.265 e. The van der Waals surface area contributed by atoms with E-state index in [1.54, 1.807) is 19.1 Å². The third-order valence-electron chi connectivity index (χ3n) is 3.78. The van der Waals surface area contributed by atoms with E-state index in [0.717, 1.165) is 17.7 Å². The van der Waals surface area contributed by atoms with E-state index < -0.39 is 5.92 Å². The molecule has 0 saturated carbocycles. The fraction of sp³-hybridized carbons (Fsp3) is 0.235. The van der Waals surface area contributed by atoms with Gasteiger partial charge in [0.15, 0.2) is 5.92 Å². The van der Waals surface area contributed by atoms with Crippen molar-refractivity contribution in [1.82, 2.24) is 0 Å². The SMILES string of the molecule is CCc1cscc1NC(=O)C1C(=O)N(c2ccccc2)N=C1C. The highest BCUT2D eigenvalue weighted by molar-refractivity contribution is 7.08. The van der Waals surface area contributed by atoms with Gasteiger partial charge < -0.3 is 5.32 Å². The van der Waals surface area contributed by atoms with Gasteiger partial charge in [0.2, 0.25) is 5.91 Å². The monoisotopic (exact) mass is 327 g/mol. The highest BCUT2D eigenvalue weighted by atomic mass is 32.1. The van der Waals surface area contributed by atoms with Gasteiger partial charge in [-0.05, 0) is 36.4 Å². The van der Waals surface area contributed by atoms with E-state index >= 15 is 0 Å². The van der Waals surface area contributed by atoms with Crippen molar-refractivity contribution in [3.8, 4) is 0 Å². The van der Waals surface area contributed by atoms with Crippen LogP contribution >= 0.6 is 11.3 Å². The van der Waals surface area contributed by atoms with Crippen molar-refractivity contribution in [2.75, 3.05) is 10.3 Å². The Morgan fingerprint density at radius 3 is 2.74 bits per heavy atom. The van der Waals surface area contributed by atoms with Crippen LogP contribution in [-0.2, 0) is 16.0 Å². The number of hydrogen-bond donors (Lipinski definition) is 1. The molecular weight excluding hydrogens is 310 g/mol. The lowest BCUT2D eigenvalue weighted by Crippen LogP contribution is -2.36. The summed E-state index contributed by atoms with van der Waals surface area (Å²) in [5.41, 5.74) is 3.02. The molecule has 5 nitrogen and oxygen atoms in total. The average Bonchev–Trinajstić information content (AvgIpc) is 3.12. The number of hydrazone groups is 1. The van der Waals surface area contributed by atoms with Gasteiger partial charge in [-0.2, -0.15) is 10.1 Å². The molecule has 6 heteroatoms. The highest BCUT2D eigenvalue weighted by Crippen LogP contribution is 2.26. The number of carbonyl (C=O) groups is 2. The predicted molar refractivity (Wildman–Crippen MR) is 92.9 cm³/mol. The first kappa shape index (κ1) is 15.4. The molecule has 118 valence electrons. The first-order valence-electron chi connectivity index (χ1n) is 7.42. The van der Waals surface area contributed by atoms with Gasteiger partial charge in [-0.25, -0.2) is 0 Å². The van der Waals surface area contributed by atoms with Gasteiger partial charge in [0, 0.05) is 5.38 Å². The van der Waals surface area contributed by atoms with E-state index in [1.165, 1.54) is 16.3 Å². The Kier molecular flexibility index (Phi) is 4.25. The molecule has 0 fully saturated rings. The van der Waals surface area contributed by atoms with Crippen LogP contribution in [0.2, 0.25) is 0 Å². The van der Waals surface area contributed by atoms with E-state index in [0.29, 0.717) is 11.4 Å². The number of para-hydroxylation sites is 1. The number of carbonyl (C=O) groups excluding carboxylic acids is 2. The molecule has 2 aromatic rings.